The van der Waals surface area contributed by atoms with E-state index in [1.807, 2.05) is 12.1 Å². The molecule has 0 saturated carbocycles. The highest BCUT2D eigenvalue weighted by atomic mass is 16.4. The van der Waals surface area contributed by atoms with Crippen molar-refractivity contribution in [3.05, 3.63) is 70.3 Å². The average molecular weight is 324 g/mol. The highest BCUT2D eigenvalue weighted by molar-refractivity contribution is 6.01. The zero-order chi connectivity index (χ0) is 17.7. The van der Waals surface area contributed by atoms with Crippen LogP contribution in [-0.2, 0) is 10.8 Å². The van der Waals surface area contributed by atoms with Gasteiger partial charge >= 0.3 is 11.9 Å². The molecule has 2 aromatic carbocycles. The smallest absolute Gasteiger partial charge is 0.336 e. The van der Waals surface area contributed by atoms with Crippen LogP contribution in [0.3, 0.4) is 0 Å². The summed E-state index contributed by atoms with van der Waals surface area (Å²) in [6, 6.07) is 12.9. The van der Waals surface area contributed by atoms with Gasteiger partial charge in [0.25, 0.3) is 0 Å². The fourth-order valence-electron chi connectivity index (χ4n) is 4.14. The molecule has 1 unspecified atom stereocenters. The third-order valence-corrected chi connectivity index (χ3v) is 5.16. The number of benzene rings is 2. The van der Waals surface area contributed by atoms with E-state index in [2.05, 4.69) is 32.9 Å². The van der Waals surface area contributed by atoms with Crippen molar-refractivity contribution < 1.29 is 19.8 Å². The first-order valence-electron chi connectivity index (χ1n) is 7.88. The molecule has 0 spiro atoms. The fourth-order valence-corrected chi connectivity index (χ4v) is 4.14. The lowest BCUT2D eigenvalue weighted by molar-refractivity contribution is 0.0651. The van der Waals surface area contributed by atoms with Crippen molar-refractivity contribution in [1.82, 2.24) is 0 Å². The molecule has 124 valence electrons. The van der Waals surface area contributed by atoms with Gasteiger partial charge in [-0.3, -0.25) is 0 Å². The summed E-state index contributed by atoms with van der Waals surface area (Å²) < 4.78 is 0. The van der Waals surface area contributed by atoms with Crippen LogP contribution in [0, 0.1) is 0 Å². The molecule has 1 aliphatic rings. The fraction of sp³-hybridized carbons (Fsp3) is 0.300. The Morgan fingerprint density at radius 1 is 0.875 bits per heavy atom. The van der Waals surface area contributed by atoms with Gasteiger partial charge in [-0.1, -0.05) is 51.1 Å². The van der Waals surface area contributed by atoms with Crippen molar-refractivity contribution >= 4 is 11.9 Å². The zero-order valence-electron chi connectivity index (χ0n) is 14.0. The molecule has 24 heavy (non-hydrogen) atoms. The van der Waals surface area contributed by atoms with E-state index in [0.29, 0.717) is 0 Å². The van der Waals surface area contributed by atoms with E-state index >= 15 is 0 Å². The maximum absolute atomic E-state index is 11.5. The first-order valence-corrected chi connectivity index (χ1v) is 7.88. The molecular weight excluding hydrogens is 304 g/mol. The van der Waals surface area contributed by atoms with Crippen LogP contribution >= 0.6 is 0 Å². The Labute approximate surface area is 140 Å². The molecule has 0 saturated heterocycles. The summed E-state index contributed by atoms with van der Waals surface area (Å²) in [5.74, 6) is -2.44. The number of carboxylic acids is 2. The number of carbonyl (C=O) groups is 2. The topological polar surface area (TPSA) is 74.6 Å². The Balaban J connectivity index is 2.21. The molecule has 0 amide bonds. The van der Waals surface area contributed by atoms with Crippen molar-refractivity contribution in [2.45, 2.75) is 38.0 Å². The van der Waals surface area contributed by atoms with E-state index in [1.54, 1.807) is 6.07 Å². The van der Waals surface area contributed by atoms with E-state index in [-0.39, 0.29) is 22.0 Å². The third-order valence-electron chi connectivity index (χ3n) is 5.16. The van der Waals surface area contributed by atoms with E-state index < -0.39 is 11.9 Å². The van der Waals surface area contributed by atoms with E-state index in [0.717, 1.165) is 12.0 Å². The van der Waals surface area contributed by atoms with Gasteiger partial charge in [0.05, 0.1) is 11.1 Å². The van der Waals surface area contributed by atoms with Crippen LogP contribution < -0.4 is 0 Å². The number of hydrogen-bond donors (Lipinski definition) is 2. The Bertz CT molecular complexity index is 850. The number of aromatic carboxylic acids is 2. The average Bonchev–Trinajstić information content (AvgIpc) is 2.74. The van der Waals surface area contributed by atoms with E-state index in [1.165, 1.54) is 23.3 Å². The molecule has 4 nitrogen and oxygen atoms in total. The van der Waals surface area contributed by atoms with Gasteiger partial charge in [-0.15, -0.1) is 0 Å². The SMILES string of the molecule is CC1(C)CC(C)(c2ccc(C(=O)O)c(C(=O)O)c2)c2ccccc21. The molecule has 2 aromatic rings. The third kappa shape index (κ3) is 2.30. The highest BCUT2D eigenvalue weighted by Gasteiger charge is 2.45. The predicted molar refractivity (Wildman–Crippen MR) is 90.9 cm³/mol. The maximum Gasteiger partial charge on any atom is 0.336 e. The largest absolute Gasteiger partial charge is 0.478 e. The van der Waals surface area contributed by atoms with Crippen LogP contribution in [0.25, 0.3) is 0 Å². The summed E-state index contributed by atoms with van der Waals surface area (Å²) in [5.41, 5.74) is 2.55. The molecule has 0 heterocycles. The van der Waals surface area contributed by atoms with Crippen molar-refractivity contribution in [2.24, 2.45) is 0 Å². The summed E-state index contributed by atoms with van der Waals surface area (Å²) in [7, 11) is 0. The van der Waals surface area contributed by atoms with Crippen LogP contribution in [0.4, 0.5) is 0 Å². The number of hydrogen-bond acceptors (Lipinski definition) is 2. The molecule has 0 aromatic heterocycles. The lowest BCUT2D eigenvalue weighted by Gasteiger charge is -2.29. The monoisotopic (exact) mass is 324 g/mol. The van der Waals surface area contributed by atoms with E-state index in [9.17, 15) is 19.8 Å². The maximum atomic E-state index is 11.5. The molecule has 4 heteroatoms. The quantitative estimate of drug-likeness (QED) is 0.892. The number of carboxylic acid groups (broad SMARTS) is 2. The van der Waals surface area contributed by atoms with E-state index in [4.69, 9.17) is 0 Å². The van der Waals surface area contributed by atoms with Gasteiger partial charge < -0.3 is 10.2 Å². The number of rotatable bonds is 3. The molecule has 0 fully saturated rings. The standard InChI is InChI=1S/C20H20O4/c1-19(2)11-20(3,16-7-5-4-6-15(16)19)12-8-9-13(17(21)22)14(10-12)18(23)24/h4-10H,11H2,1-3H3,(H,21,22)(H,23,24). The van der Waals surface area contributed by atoms with Gasteiger partial charge in [0.2, 0.25) is 0 Å². The zero-order valence-corrected chi connectivity index (χ0v) is 14.0. The molecular formula is C20H20O4. The summed E-state index contributed by atoms with van der Waals surface area (Å²) in [6.45, 7) is 6.46. The first-order chi connectivity index (χ1) is 11.2. The van der Waals surface area contributed by atoms with Crippen LogP contribution in [0.5, 0.6) is 0 Å². The Morgan fingerprint density at radius 2 is 1.46 bits per heavy atom. The highest BCUT2D eigenvalue weighted by Crippen LogP contribution is 2.52. The number of fused-ring (bicyclic) bond motifs is 1. The lowest BCUT2D eigenvalue weighted by Crippen LogP contribution is -2.24. The minimum Gasteiger partial charge on any atom is -0.478 e. The minimum atomic E-state index is -1.23. The van der Waals surface area contributed by atoms with Gasteiger partial charge in [-0.25, -0.2) is 9.59 Å². The van der Waals surface area contributed by atoms with Crippen molar-refractivity contribution in [1.29, 1.82) is 0 Å². The van der Waals surface area contributed by atoms with Crippen LogP contribution in [-0.4, -0.2) is 22.2 Å². The molecule has 3 rings (SSSR count). The molecule has 1 aliphatic carbocycles. The molecule has 1 atom stereocenters. The van der Waals surface area contributed by atoms with Crippen molar-refractivity contribution in [3.8, 4) is 0 Å². The summed E-state index contributed by atoms with van der Waals surface area (Å²) in [6.07, 6.45) is 0.838. The van der Waals surface area contributed by atoms with Crippen molar-refractivity contribution in [3.63, 3.8) is 0 Å². The van der Waals surface area contributed by atoms with Crippen LogP contribution in [0.2, 0.25) is 0 Å². The molecule has 0 aliphatic heterocycles. The lowest BCUT2D eigenvalue weighted by atomic mass is 9.74. The summed E-state index contributed by atoms with van der Waals surface area (Å²) in [5, 5.41) is 18.6. The van der Waals surface area contributed by atoms with Gasteiger partial charge in [0.1, 0.15) is 0 Å². The van der Waals surface area contributed by atoms with Crippen molar-refractivity contribution in [2.75, 3.05) is 0 Å². The molecule has 0 bridgehead atoms. The van der Waals surface area contributed by atoms with Crippen LogP contribution in [0.15, 0.2) is 42.5 Å². The second kappa shape index (κ2) is 5.20. The summed E-state index contributed by atoms with van der Waals surface area (Å²) >= 11 is 0. The normalized spacial score (nSPS) is 21.3. The Morgan fingerprint density at radius 3 is 2.04 bits per heavy atom. The second-order valence-corrected chi connectivity index (χ2v) is 7.31. The summed E-state index contributed by atoms with van der Waals surface area (Å²) in [4.78, 5) is 22.8. The second-order valence-electron chi connectivity index (χ2n) is 7.31. The van der Waals surface area contributed by atoms with Gasteiger partial charge in [-0.05, 0) is 40.7 Å². The molecule has 0 radical (unpaired) electrons. The Hall–Kier alpha value is -2.62. The van der Waals surface area contributed by atoms with Gasteiger partial charge in [0.15, 0.2) is 0 Å². The van der Waals surface area contributed by atoms with Crippen LogP contribution in [0.1, 0.15) is 64.6 Å². The first kappa shape index (κ1) is 16.2. The Kier molecular flexibility index (Phi) is 3.52. The minimum absolute atomic E-state index is 0.0276. The van der Waals surface area contributed by atoms with Gasteiger partial charge in [-0.2, -0.15) is 0 Å². The van der Waals surface area contributed by atoms with Gasteiger partial charge in [0, 0.05) is 5.41 Å². The predicted octanol–water partition coefficient (Wildman–Crippen LogP) is 4.07. The molecule has 2 N–H and O–H groups in total.